The van der Waals surface area contributed by atoms with Crippen molar-refractivity contribution >= 4 is 23.6 Å². The third-order valence-corrected chi connectivity index (χ3v) is 4.30. The number of amides is 1. The second-order valence-electron chi connectivity index (χ2n) is 4.66. The van der Waals surface area contributed by atoms with Gasteiger partial charge in [0, 0.05) is 10.9 Å². The molecule has 0 aromatic heterocycles. The molecule has 102 valence electrons. The van der Waals surface area contributed by atoms with Crippen molar-refractivity contribution in [2.45, 2.75) is 30.2 Å². The van der Waals surface area contributed by atoms with E-state index in [0.717, 1.165) is 17.7 Å². The summed E-state index contributed by atoms with van der Waals surface area (Å²) in [6.07, 6.45) is 4.16. The lowest BCUT2D eigenvalue weighted by molar-refractivity contribution is -0.142. The van der Waals surface area contributed by atoms with Crippen molar-refractivity contribution in [3.63, 3.8) is 0 Å². The summed E-state index contributed by atoms with van der Waals surface area (Å²) < 4.78 is 0. The Morgan fingerprint density at radius 2 is 2.05 bits per heavy atom. The molecule has 1 aromatic rings. The summed E-state index contributed by atoms with van der Waals surface area (Å²) in [5.74, 6) is -1.45. The van der Waals surface area contributed by atoms with Crippen molar-refractivity contribution in [1.29, 1.82) is 0 Å². The first-order chi connectivity index (χ1) is 9.13. The third kappa shape index (κ3) is 3.10. The van der Waals surface area contributed by atoms with Crippen molar-refractivity contribution < 1.29 is 14.7 Å². The Morgan fingerprint density at radius 1 is 1.32 bits per heavy atom. The minimum absolute atomic E-state index is 0.178. The second-order valence-corrected chi connectivity index (χ2v) is 5.50. The Hall–Kier alpha value is -1.49. The number of carbonyl (C=O) groups is 2. The molecule has 2 rings (SSSR count). The highest BCUT2D eigenvalue weighted by Crippen LogP contribution is 2.27. The lowest BCUT2D eigenvalue weighted by Gasteiger charge is -2.18. The van der Waals surface area contributed by atoms with E-state index in [0.29, 0.717) is 12.0 Å². The highest BCUT2D eigenvalue weighted by atomic mass is 32.2. The maximum atomic E-state index is 12.2. The van der Waals surface area contributed by atoms with Gasteiger partial charge in [0.05, 0.1) is 11.5 Å². The van der Waals surface area contributed by atoms with Crippen LogP contribution in [0.25, 0.3) is 0 Å². The Balaban J connectivity index is 2.10. The van der Waals surface area contributed by atoms with Gasteiger partial charge in [-0.25, -0.2) is 0 Å². The molecule has 1 amide bonds. The van der Waals surface area contributed by atoms with Gasteiger partial charge < -0.3 is 10.4 Å². The molecule has 0 heterocycles. The van der Waals surface area contributed by atoms with Crippen LogP contribution in [0.1, 0.15) is 29.6 Å². The number of aliphatic carboxylic acids is 1. The van der Waals surface area contributed by atoms with Crippen molar-refractivity contribution in [1.82, 2.24) is 5.32 Å². The minimum atomic E-state index is -0.819. The predicted octanol–water partition coefficient (Wildman–Crippen LogP) is 2.39. The first-order valence-corrected chi connectivity index (χ1v) is 7.52. The maximum Gasteiger partial charge on any atom is 0.308 e. The van der Waals surface area contributed by atoms with Crippen molar-refractivity contribution in [3.05, 3.63) is 29.8 Å². The van der Waals surface area contributed by atoms with E-state index in [1.165, 1.54) is 11.8 Å². The fourth-order valence-electron chi connectivity index (χ4n) is 2.51. The predicted molar refractivity (Wildman–Crippen MR) is 74.5 cm³/mol. The lowest BCUT2D eigenvalue weighted by Crippen LogP contribution is -2.40. The van der Waals surface area contributed by atoms with Gasteiger partial charge in [-0.1, -0.05) is 18.6 Å². The van der Waals surface area contributed by atoms with Crippen LogP contribution >= 0.6 is 11.8 Å². The molecule has 1 aliphatic rings. The molecule has 2 unspecified atom stereocenters. The molecular weight excluding hydrogens is 262 g/mol. The minimum Gasteiger partial charge on any atom is -0.481 e. The maximum absolute atomic E-state index is 12.2. The van der Waals surface area contributed by atoms with Gasteiger partial charge in [-0.05, 0) is 31.2 Å². The molecular formula is C14H17NO3S. The zero-order chi connectivity index (χ0) is 13.8. The summed E-state index contributed by atoms with van der Waals surface area (Å²) in [7, 11) is 0. The Labute approximate surface area is 116 Å². The number of rotatable bonds is 4. The van der Waals surface area contributed by atoms with Crippen LogP contribution in [0.4, 0.5) is 0 Å². The number of thioether (sulfide) groups is 1. The van der Waals surface area contributed by atoms with Gasteiger partial charge in [0.2, 0.25) is 0 Å². The van der Waals surface area contributed by atoms with Gasteiger partial charge in [0.15, 0.2) is 0 Å². The van der Waals surface area contributed by atoms with Crippen LogP contribution in [0.3, 0.4) is 0 Å². The first kappa shape index (κ1) is 13.9. The molecule has 1 saturated carbocycles. The highest BCUT2D eigenvalue weighted by molar-refractivity contribution is 7.98. The molecule has 0 saturated heterocycles. The fourth-order valence-corrected chi connectivity index (χ4v) is 3.10. The number of carboxylic acid groups (broad SMARTS) is 1. The highest BCUT2D eigenvalue weighted by Gasteiger charge is 2.34. The Bertz CT molecular complexity index is 489. The number of benzene rings is 1. The summed E-state index contributed by atoms with van der Waals surface area (Å²) >= 11 is 1.51. The first-order valence-electron chi connectivity index (χ1n) is 6.30. The SMILES string of the molecule is CSc1ccccc1C(=O)NC1CCCC1C(=O)O. The van der Waals surface area contributed by atoms with Crippen LogP contribution in [-0.4, -0.2) is 29.3 Å². The smallest absolute Gasteiger partial charge is 0.308 e. The molecule has 1 fully saturated rings. The topological polar surface area (TPSA) is 66.4 Å². The van der Waals surface area contributed by atoms with E-state index in [2.05, 4.69) is 5.32 Å². The molecule has 4 nitrogen and oxygen atoms in total. The Kier molecular flexibility index (Phi) is 4.47. The van der Waals surface area contributed by atoms with E-state index < -0.39 is 11.9 Å². The summed E-state index contributed by atoms with van der Waals surface area (Å²) in [5, 5.41) is 12.0. The van der Waals surface area contributed by atoms with Gasteiger partial charge in [0.25, 0.3) is 5.91 Å². The van der Waals surface area contributed by atoms with E-state index in [9.17, 15) is 9.59 Å². The van der Waals surface area contributed by atoms with Gasteiger partial charge >= 0.3 is 5.97 Å². The molecule has 0 bridgehead atoms. The molecule has 0 aliphatic heterocycles. The molecule has 19 heavy (non-hydrogen) atoms. The van der Waals surface area contributed by atoms with E-state index in [1.54, 1.807) is 6.07 Å². The van der Waals surface area contributed by atoms with Crippen molar-refractivity contribution in [3.8, 4) is 0 Å². The summed E-state index contributed by atoms with van der Waals surface area (Å²) in [5.41, 5.74) is 0.617. The van der Waals surface area contributed by atoms with Crippen molar-refractivity contribution in [2.75, 3.05) is 6.26 Å². The van der Waals surface area contributed by atoms with Crippen molar-refractivity contribution in [2.24, 2.45) is 5.92 Å². The molecule has 2 atom stereocenters. The molecule has 1 aromatic carbocycles. The van der Waals surface area contributed by atoms with Gasteiger partial charge in [0.1, 0.15) is 0 Å². The molecule has 0 radical (unpaired) electrons. The standard InChI is InChI=1S/C14H17NO3S/c1-19-12-8-3-2-5-10(12)13(16)15-11-7-4-6-9(11)14(17)18/h2-3,5,8-9,11H,4,6-7H2,1H3,(H,15,16)(H,17,18). The van der Waals surface area contributed by atoms with Gasteiger partial charge in [-0.15, -0.1) is 11.8 Å². The summed E-state index contributed by atoms with van der Waals surface area (Å²) in [6, 6.07) is 7.12. The lowest BCUT2D eigenvalue weighted by atomic mass is 10.0. The van der Waals surface area contributed by atoms with E-state index >= 15 is 0 Å². The molecule has 1 aliphatic carbocycles. The second kappa shape index (κ2) is 6.10. The zero-order valence-electron chi connectivity index (χ0n) is 10.8. The fraction of sp³-hybridized carbons (Fsp3) is 0.429. The van der Waals surface area contributed by atoms with E-state index in [1.807, 2.05) is 24.5 Å². The molecule has 5 heteroatoms. The van der Waals surface area contributed by atoms with Crippen LogP contribution in [0.5, 0.6) is 0 Å². The van der Waals surface area contributed by atoms with E-state index in [4.69, 9.17) is 5.11 Å². The van der Waals surface area contributed by atoms with Crippen LogP contribution in [-0.2, 0) is 4.79 Å². The Morgan fingerprint density at radius 3 is 2.74 bits per heavy atom. The normalized spacial score (nSPS) is 22.2. The number of carboxylic acids is 1. The third-order valence-electron chi connectivity index (χ3n) is 3.50. The number of hydrogen-bond acceptors (Lipinski definition) is 3. The number of hydrogen-bond donors (Lipinski definition) is 2. The van der Waals surface area contributed by atoms with Crippen LogP contribution < -0.4 is 5.32 Å². The molecule has 0 spiro atoms. The van der Waals surface area contributed by atoms with Gasteiger partial charge in [-0.3, -0.25) is 9.59 Å². The monoisotopic (exact) mass is 279 g/mol. The quantitative estimate of drug-likeness (QED) is 0.831. The molecule has 2 N–H and O–H groups in total. The summed E-state index contributed by atoms with van der Waals surface area (Å²) in [6.45, 7) is 0. The average Bonchev–Trinajstić information content (AvgIpc) is 2.87. The zero-order valence-corrected chi connectivity index (χ0v) is 11.6. The van der Waals surface area contributed by atoms with E-state index in [-0.39, 0.29) is 11.9 Å². The van der Waals surface area contributed by atoms with Gasteiger partial charge in [-0.2, -0.15) is 0 Å². The largest absolute Gasteiger partial charge is 0.481 e. The average molecular weight is 279 g/mol. The van der Waals surface area contributed by atoms with Crippen LogP contribution in [0.2, 0.25) is 0 Å². The number of nitrogens with one attached hydrogen (secondary N) is 1. The van der Waals surface area contributed by atoms with Crippen LogP contribution in [0.15, 0.2) is 29.2 Å². The summed E-state index contributed by atoms with van der Waals surface area (Å²) in [4.78, 5) is 24.2. The number of carbonyl (C=O) groups excluding carboxylic acids is 1. The van der Waals surface area contributed by atoms with Crippen LogP contribution in [0, 0.1) is 5.92 Å².